The molecule has 0 saturated heterocycles. The van der Waals surface area contributed by atoms with Crippen LogP contribution in [0.25, 0.3) is 0 Å². The van der Waals surface area contributed by atoms with Crippen LogP contribution >= 0.6 is 0 Å². The van der Waals surface area contributed by atoms with Gasteiger partial charge in [0.2, 0.25) is 0 Å². The number of aromatic hydroxyl groups is 2. The number of carboxylic acids is 1. The van der Waals surface area contributed by atoms with E-state index in [4.69, 9.17) is 5.11 Å². The standard InChI is InChI=1S/C15H14O5/c16-11-4-1-9(2-5-11)13(15(19)20)7-10-3-6-12(17)8-14(10)18/h1-6,8,13,16-18H,7H2,(H,19,20)/p+1. The summed E-state index contributed by atoms with van der Waals surface area (Å²) in [5, 5.41) is 35.7. The van der Waals surface area contributed by atoms with E-state index in [2.05, 4.69) is 0 Å². The van der Waals surface area contributed by atoms with Gasteiger partial charge in [-0.2, -0.15) is 0 Å². The van der Waals surface area contributed by atoms with E-state index in [1.807, 2.05) is 0 Å². The highest BCUT2D eigenvalue weighted by molar-refractivity contribution is 5.76. The first-order valence-corrected chi connectivity index (χ1v) is 6.02. The molecule has 0 aromatic heterocycles. The minimum atomic E-state index is -1.01. The zero-order valence-corrected chi connectivity index (χ0v) is 10.6. The summed E-state index contributed by atoms with van der Waals surface area (Å²) >= 11 is 0. The van der Waals surface area contributed by atoms with Crippen molar-refractivity contribution in [2.24, 2.45) is 0 Å². The fourth-order valence-electron chi connectivity index (χ4n) is 2.01. The van der Waals surface area contributed by atoms with Gasteiger partial charge in [-0.3, -0.25) is 4.79 Å². The Morgan fingerprint density at radius 1 is 1.10 bits per heavy atom. The summed E-state index contributed by atoms with van der Waals surface area (Å²) in [7, 11) is 0. The highest BCUT2D eigenvalue weighted by Gasteiger charge is 2.22. The van der Waals surface area contributed by atoms with Crippen LogP contribution in [0.1, 0.15) is 17.0 Å². The summed E-state index contributed by atoms with van der Waals surface area (Å²) in [6.45, 7) is 0. The molecule has 1 atom stereocenters. The van der Waals surface area contributed by atoms with Crippen molar-refractivity contribution in [3.05, 3.63) is 53.6 Å². The highest BCUT2D eigenvalue weighted by atomic mass is 16.4. The Kier molecular flexibility index (Phi) is 3.79. The Bertz CT molecular complexity index is 619. The average molecular weight is 275 g/mol. The number of rotatable bonds is 4. The average Bonchev–Trinajstić information content (AvgIpc) is 2.39. The molecule has 2 rings (SSSR count). The Balaban J connectivity index is 2.30. The summed E-state index contributed by atoms with van der Waals surface area (Å²) in [5.41, 5.74) is 1.02. The van der Waals surface area contributed by atoms with Gasteiger partial charge in [0.15, 0.2) is 0 Å². The molecule has 2 aromatic carbocycles. The second-order valence-corrected chi connectivity index (χ2v) is 4.53. The molecule has 0 radical (unpaired) electrons. The third-order valence-corrected chi connectivity index (χ3v) is 3.10. The third kappa shape index (κ3) is 3.00. The van der Waals surface area contributed by atoms with Gasteiger partial charge in [-0.25, -0.2) is 0 Å². The van der Waals surface area contributed by atoms with E-state index >= 15 is 0 Å². The molecule has 5 heteroatoms. The first kappa shape index (κ1) is 13.7. The van der Waals surface area contributed by atoms with Crippen LogP contribution in [-0.2, 0) is 11.2 Å². The predicted octanol–water partition coefficient (Wildman–Crippen LogP) is 1.95. The molecule has 0 aliphatic heterocycles. The van der Waals surface area contributed by atoms with Gasteiger partial charge in [0.1, 0.15) is 11.5 Å². The van der Waals surface area contributed by atoms with E-state index in [1.165, 1.54) is 24.3 Å². The van der Waals surface area contributed by atoms with Crippen LogP contribution < -0.4 is 0 Å². The van der Waals surface area contributed by atoms with Crippen LogP contribution in [0, 0.1) is 0 Å². The van der Waals surface area contributed by atoms with Crippen molar-refractivity contribution in [2.45, 2.75) is 12.3 Å². The first-order chi connectivity index (χ1) is 9.47. The van der Waals surface area contributed by atoms with Gasteiger partial charge in [-0.1, -0.05) is 12.1 Å². The Labute approximate surface area is 115 Å². The summed E-state index contributed by atoms with van der Waals surface area (Å²) < 4.78 is 0. The number of carboxylic acid groups (broad SMARTS) is 1. The van der Waals surface area contributed by atoms with Crippen molar-refractivity contribution in [1.82, 2.24) is 0 Å². The molecular formula is C15H15O5+. The lowest BCUT2D eigenvalue weighted by Crippen LogP contribution is -2.14. The zero-order valence-electron chi connectivity index (χ0n) is 10.6. The molecule has 20 heavy (non-hydrogen) atoms. The minimum absolute atomic E-state index is 0.0688. The fraction of sp³-hybridized carbons (Fsp3) is 0.133. The molecule has 104 valence electrons. The Hall–Kier alpha value is -2.69. The number of phenols is 2. The number of benzene rings is 2. The maximum Gasteiger partial charge on any atom is 0.311 e. The molecule has 5 nitrogen and oxygen atoms in total. The van der Waals surface area contributed by atoms with Gasteiger partial charge in [0.05, 0.1) is 12.0 Å². The van der Waals surface area contributed by atoms with Crippen LogP contribution in [0.3, 0.4) is 0 Å². The van der Waals surface area contributed by atoms with Gasteiger partial charge in [0, 0.05) is 6.07 Å². The number of hydrogen-bond acceptors (Lipinski definition) is 3. The lowest BCUT2D eigenvalue weighted by molar-refractivity contribution is -0.138. The lowest BCUT2D eigenvalue weighted by atomic mass is 9.91. The fourth-order valence-corrected chi connectivity index (χ4v) is 2.01. The largest absolute Gasteiger partial charge is 0.593 e. The van der Waals surface area contributed by atoms with Gasteiger partial charge in [0.25, 0.3) is 5.75 Å². The summed E-state index contributed by atoms with van der Waals surface area (Å²) in [4.78, 5) is 11.4. The molecule has 1 unspecified atom stereocenters. The molecule has 0 fully saturated rings. The highest BCUT2D eigenvalue weighted by Crippen LogP contribution is 2.29. The monoisotopic (exact) mass is 275 g/mol. The molecule has 0 aliphatic rings. The van der Waals surface area contributed by atoms with E-state index in [0.717, 1.165) is 0 Å². The van der Waals surface area contributed by atoms with E-state index in [0.29, 0.717) is 11.1 Å². The number of aliphatic carboxylic acids is 1. The van der Waals surface area contributed by atoms with E-state index in [1.54, 1.807) is 18.2 Å². The Morgan fingerprint density at radius 3 is 2.30 bits per heavy atom. The maximum absolute atomic E-state index is 11.4. The second kappa shape index (κ2) is 5.52. The van der Waals surface area contributed by atoms with Crippen molar-refractivity contribution in [3.8, 4) is 17.2 Å². The zero-order chi connectivity index (χ0) is 14.7. The van der Waals surface area contributed by atoms with Crippen LogP contribution in [0.15, 0.2) is 42.5 Å². The second-order valence-electron chi connectivity index (χ2n) is 4.53. The van der Waals surface area contributed by atoms with Crippen LogP contribution in [0.2, 0.25) is 0 Å². The molecule has 0 spiro atoms. The van der Waals surface area contributed by atoms with Gasteiger partial charge in [-0.05, 0) is 35.7 Å². The smallest absolute Gasteiger partial charge is 0.311 e. The van der Waals surface area contributed by atoms with Crippen LogP contribution in [-0.4, -0.2) is 26.4 Å². The van der Waals surface area contributed by atoms with Crippen molar-refractivity contribution >= 4 is 5.97 Å². The maximum atomic E-state index is 11.4. The van der Waals surface area contributed by atoms with Crippen molar-refractivity contribution in [2.75, 3.05) is 0 Å². The van der Waals surface area contributed by atoms with E-state index < -0.39 is 11.9 Å². The molecule has 0 amide bonds. The van der Waals surface area contributed by atoms with Gasteiger partial charge < -0.3 is 20.4 Å². The number of carbonyl (C=O) groups is 1. The van der Waals surface area contributed by atoms with Gasteiger partial charge >= 0.3 is 5.97 Å². The first-order valence-electron chi connectivity index (χ1n) is 6.02. The third-order valence-electron chi connectivity index (χ3n) is 3.10. The van der Waals surface area contributed by atoms with Crippen LogP contribution in [0.5, 0.6) is 17.2 Å². The number of phenolic OH excluding ortho intramolecular Hbond substituents is 2. The predicted molar refractivity (Wildman–Crippen MR) is 73.4 cm³/mol. The molecular weight excluding hydrogens is 260 g/mol. The molecule has 2 aromatic rings. The van der Waals surface area contributed by atoms with Crippen LogP contribution in [0.4, 0.5) is 0 Å². The summed E-state index contributed by atoms with van der Waals surface area (Å²) in [5.74, 6) is -1.67. The Morgan fingerprint density at radius 2 is 1.75 bits per heavy atom. The topological polar surface area (TPSA) is 101 Å². The quantitative estimate of drug-likeness (QED) is 0.742. The van der Waals surface area contributed by atoms with Crippen molar-refractivity contribution < 1.29 is 25.2 Å². The van der Waals surface area contributed by atoms with Crippen molar-refractivity contribution in [3.63, 3.8) is 0 Å². The molecule has 0 saturated carbocycles. The lowest BCUT2D eigenvalue weighted by Gasteiger charge is -2.13. The summed E-state index contributed by atoms with van der Waals surface area (Å²) in [6.07, 6.45) is 0.117. The molecule has 0 aliphatic carbocycles. The van der Waals surface area contributed by atoms with Gasteiger partial charge in [-0.15, -0.1) is 0 Å². The summed E-state index contributed by atoms with van der Waals surface area (Å²) in [6, 6.07) is 10.3. The van der Waals surface area contributed by atoms with E-state index in [9.17, 15) is 20.1 Å². The van der Waals surface area contributed by atoms with Crippen molar-refractivity contribution in [1.29, 1.82) is 0 Å². The molecule has 5 N–H and O–H groups in total. The molecule has 0 bridgehead atoms. The normalized spacial score (nSPS) is 12.0. The number of hydrogen-bond donors (Lipinski definition) is 3. The molecule has 0 heterocycles. The minimum Gasteiger partial charge on any atom is -0.593 e. The SMILES string of the molecule is O=C(O)C(Cc1ccc([OH2+])cc1O)c1ccc(O)cc1. The van der Waals surface area contributed by atoms with E-state index in [-0.39, 0.29) is 23.7 Å².